The number of pyridine rings is 1. The number of nitrogens with two attached hydrogens (primary N) is 1. The zero-order chi connectivity index (χ0) is 14.1. The van der Waals surface area contributed by atoms with E-state index in [1.54, 1.807) is 11.7 Å². The smallest absolute Gasteiger partial charge is 0.215 e. The maximum atomic E-state index is 7.74. The fourth-order valence-electron chi connectivity index (χ4n) is 2.28. The van der Waals surface area contributed by atoms with Crippen LogP contribution in [0.15, 0.2) is 16.2 Å². The summed E-state index contributed by atoms with van der Waals surface area (Å²) in [5, 5.41) is 20.4. The normalized spacial score (nSPS) is 14.1. The van der Waals surface area contributed by atoms with E-state index in [0.717, 1.165) is 25.0 Å². The highest BCUT2D eigenvalue weighted by atomic mass is 32.2. The van der Waals surface area contributed by atoms with Crippen molar-refractivity contribution in [2.45, 2.75) is 35.9 Å². The fraction of sp³-hybridized carbons (Fsp3) is 0.417. The molecular formula is C12H15N7S. The van der Waals surface area contributed by atoms with Gasteiger partial charge in [-0.25, -0.2) is 9.67 Å². The first-order valence-corrected chi connectivity index (χ1v) is 7.24. The fourth-order valence-corrected chi connectivity index (χ4v) is 3.13. The summed E-state index contributed by atoms with van der Waals surface area (Å²) in [5.74, 6) is 0.0310. The highest BCUT2D eigenvalue weighted by Gasteiger charge is 2.18. The zero-order valence-electron chi connectivity index (χ0n) is 11.1. The highest BCUT2D eigenvalue weighted by molar-refractivity contribution is 7.99. The van der Waals surface area contributed by atoms with E-state index >= 15 is 0 Å². The molecule has 0 bridgehead atoms. The van der Waals surface area contributed by atoms with Gasteiger partial charge in [0.15, 0.2) is 0 Å². The van der Waals surface area contributed by atoms with Gasteiger partial charge in [-0.1, -0.05) is 0 Å². The van der Waals surface area contributed by atoms with Crippen LogP contribution in [-0.4, -0.2) is 31.0 Å². The van der Waals surface area contributed by atoms with E-state index in [1.165, 1.54) is 23.7 Å². The molecular weight excluding hydrogens is 274 g/mol. The van der Waals surface area contributed by atoms with E-state index in [4.69, 9.17) is 11.1 Å². The molecule has 2 aromatic heterocycles. The Morgan fingerprint density at radius 2 is 2.20 bits per heavy atom. The van der Waals surface area contributed by atoms with Gasteiger partial charge in [0.2, 0.25) is 5.16 Å². The van der Waals surface area contributed by atoms with Gasteiger partial charge in [-0.05, 0) is 59.5 Å². The molecule has 3 N–H and O–H groups in total. The zero-order valence-corrected chi connectivity index (χ0v) is 11.9. The molecule has 1 aliphatic rings. The maximum absolute atomic E-state index is 7.74. The molecule has 104 valence electrons. The minimum Gasteiger partial charge on any atom is -0.384 e. The lowest BCUT2D eigenvalue weighted by Gasteiger charge is -2.17. The van der Waals surface area contributed by atoms with Crippen molar-refractivity contribution < 1.29 is 0 Å². The summed E-state index contributed by atoms with van der Waals surface area (Å²) in [6.45, 7) is 0. The predicted octanol–water partition coefficient (Wildman–Crippen LogP) is 0.919. The third kappa shape index (κ3) is 2.38. The molecule has 2 heterocycles. The predicted molar refractivity (Wildman–Crippen MR) is 74.8 cm³/mol. The molecule has 0 aliphatic heterocycles. The molecule has 0 unspecified atom stereocenters. The van der Waals surface area contributed by atoms with Crippen molar-refractivity contribution in [2.75, 3.05) is 0 Å². The van der Waals surface area contributed by atoms with Gasteiger partial charge in [-0.3, -0.25) is 5.41 Å². The number of amidine groups is 1. The minimum atomic E-state index is 0.0310. The van der Waals surface area contributed by atoms with Crippen molar-refractivity contribution in [3.8, 4) is 0 Å². The van der Waals surface area contributed by atoms with E-state index < -0.39 is 0 Å². The van der Waals surface area contributed by atoms with E-state index in [-0.39, 0.29) is 5.84 Å². The summed E-state index contributed by atoms with van der Waals surface area (Å²) in [5.41, 5.74) is 8.67. The monoisotopic (exact) mass is 289 g/mol. The van der Waals surface area contributed by atoms with Gasteiger partial charge in [0.25, 0.3) is 0 Å². The van der Waals surface area contributed by atoms with Crippen LogP contribution < -0.4 is 5.73 Å². The number of nitrogens with zero attached hydrogens (tertiary/aromatic N) is 5. The summed E-state index contributed by atoms with van der Waals surface area (Å²) in [7, 11) is 1.77. The number of fused-ring (bicyclic) bond motifs is 1. The molecule has 1 aliphatic carbocycles. The number of nitrogen functional groups attached to an aromatic ring is 1. The molecule has 0 saturated carbocycles. The molecule has 0 saturated heterocycles. The molecule has 8 heteroatoms. The first-order valence-electron chi connectivity index (χ1n) is 6.42. The van der Waals surface area contributed by atoms with Crippen molar-refractivity contribution in [3.05, 3.63) is 22.9 Å². The molecule has 0 spiro atoms. The van der Waals surface area contributed by atoms with Crippen molar-refractivity contribution in [3.63, 3.8) is 0 Å². The number of hydrogen-bond donors (Lipinski definition) is 2. The molecule has 7 nitrogen and oxygen atoms in total. The van der Waals surface area contributed by atoms with Crippen LogP contribution >= 0.6 is 11.8 Å². The van der Waals surface area contributed by atoms with Crippen molar-refractivity contribution in [1.29, 1.82) is 5.41 Å². The average Bonchev–Trinajstić information content (AvgIpc) is 2.83. The summed E-state index contributed by atoms with van der Waals surface area (Å²) >= 11 is 1.34. The van der Waals surface area contributed by atoms with Crippen LogP contribution in [0.4, 0.5) is 0 Å². The van der Waals surface area contributed by atoms with Crippen LogP contribution in [0.5, 0.6) is 0 Å². The van der Waals surface area contributed by atoms with Crippen molar-refractivity contribution in [1.82, 2.24) is 25.2 Å². The first-order chi connectivity index (χ1) is 9.65. The van der Waals surface area contributed by atoms with Gasteiger partial charge in [-0.15, -0.1) is 5.10 Å². The van der Waals surface area contributed by atoms with Gasteiger partial charge in [0, 0.05) is 18.3 Å². The number of aromatic nitrogens is 5. The van der Waals surface area contributed by atoms with Crippen LogP contribution in [-0.2, 0) is 19.9 Å². The quantitative estimate of drug-likeness (QED) is 0.643. The molecule has 3 rings (SSSR count). The molecule has 0 amide bonds. The second kappa shape index (κ2) is 5.20. The van der Waals surface area contributed by atoms with Crippen LogP contribution in [0.25, 0.3) is 0 Å². The third-order valence-electron chi connectivity index (χ3n) is 3.33. The Morgan fingerprint density at radius 3 is 2.90 bits per heavy atom. The standard InChI is InChI=1S/C12H15N7S/c1-19-12(16-17-18-19)20-11-8(10(13)14)6-7-4-2-3-5-9(7)15-11/h6H,2-5H2,1H3,(H3,13,14). The molecule has 2 aromatic rings. The van der Waals surface area contributed by atoms with E-state index in [9.17, 15) is 0 Å². The lowest BCUT2D eigenvalue weighted by atomic mass is 9.95. The molecule has 0 radical (unpaired) electrons. The number of aryl methyl sites for hydroxylation is 3. The van der Waals surface area contributed by atoms with Gasteiger partial charge in [0.1, 0.15) is 10.9 Å². The Labute approximate surface area is 120 Å². The highest BCUT2D eigenvalue weighted by Crippen LogP contribution is 2.30. The largest absolute Gasteiger partial charge is 0.384 e. The summed E-state index contributed by atoms with van der Waals surface area (Å²) in [6, 6.07) is 2.00. The Balaban J connectivity index is 2.04. The SMILES string of the molecule is Cn1nnnc1Sc1nc2c(cc1C(=N)N)CCCC2. The van der Waals surface area contributed by atoms with Gasteiger partial charge < -0.3 is 5.73 Å². The Bertz CT molecular complexity index is 664. The maximum Gasteiger partial charge on any atom is 0.215 e. The molecule has 0 aromatic carbocycles. The molecule has 0 fully saturated rings. The second-order valence-corrected chi connectivity index (χ2v) is 5.71. The number of hydrogen-bond acceptors (Lipinski definition) is 6. The first kappa shape index (κ1) is 13.0. The summed E-state index contributed by atoms with van der Waals surface area (Å²) in [4.78, 5) is 4.68. The van der Waals surface area contributed by atoms with Gasteiger partial charge >= 0.3 is 0 Å². The summed E-state index contributed by atoms with van der Waals surface area (Å²) < 4.78 is 1.58. The number of rotatable bonds is 3. The van der Waals surface area contributed by atoms with Crippen LogP contribution in [0.2, 0.25) is 0 Å². The Hall–Kier alpha value is -1.96. The average molecular weight is 289 g/mol. The van der Waals surface area contributed by atoms with Crippen molar-refractivity contribution >= 4 is 17.6 Å². The van der Waals surface area contributed by atoms with Crippen LogP contribution in [0, 0.1) is 5.41 Å². The van der Waals surface area contributed by atoms with E-state index in [0.29, 0.717) is 15.7 Å². The topological polar surface area (TPSA) is 106 Å². The summed E-state index contributed by atoms with van der Waals surface area (Å²) in [6.07, 6.45) is 4.33. The number of nitrogens with one attached hydrogen (secondary N) is 1. The Kier molecular flexibility index (Phi) is 3.39. The van der Waals surface area contributed by atoms with Crippen LogP contribution in [0.3, 0.4) is 0 Å². The molecule has 20 heavy (non-hydrogen) atoms. The van der Waals surface area contributed by atoms with Crippen LogP contribution in [0.1, 0.15) is 29.7 Å². The lowest BCUT2D eigenvalue weighted by molar-refractivity contribution is 0.656. The minimum absolute atomic E-state index is 0.0310. The van der Waals surface area contributed by atoms with Crippen molar-refractivity contribution in [2.24, 2.45) is 12.8 Å². The second-order valence-electron chi connectivity index (χ2n) is 4.75. The van der Waals surface area contributed by atoms with Gasteiger partial charge in [-0.2, -0.15) is 0 Å². The van der Waals surface area contributed by atoms with E-state index in [2.05, 4.69) is 20.5 Å². The molecule has 0 atom stereocenters. The number of tetrazole rings is 1. The lowest BCUT2D eigenvalue weighted by Crippen LogP contribution is -2.16. The van der Waals surface area contributed by atoms with Gasteiger partial charge in [0.05, 0.1) is 0 Å². The Morgan fingerprint density at radius 1 is 1.40 bits per heavy atom. The third-order valence-corrected chi connectivity index (χ3v) is 4.36. The van der Waals surface area contributed by atoms with E-state index in [1.807, 2.05) is 6.07 Å².